The lowest BCUT2D eigenvalue weighted by Crippen LogP contribution is -2.30. The number of nitrogens with one attached hydrogen (secondary N) is 3. The van der Waals surface area contributed by atoms with Crippen LogP contribution in [0, 0.1) is 5.82 Å². The Balaban J connectivity index is 1.35. The molecule has 0 aromatic heterocycles. The van der Waals surface area contributed by atoms with Crippen molar-refractivity contribution >= 4 is 58.5 Å². The Bertz CT molecular complexity index is 1930. The van der Waals surface area contributed by atoms with Gasteiger partial charge in [-0.05, 0) is 60.2 Å². The molecular weight excluding hydrogens is 665 g/mol. The molecule has 0 fully saturated rings. The SMILES string of the molecule is COc1cc(NC(=O)C(Sc2ccc(NC(=O)/C(=C/c3c(F)cccc3Cl)NC(=O)c3ccccc3)cc2)c2ccccc2)cc(OC)c1. The fraction of sp³-hybridized carbons (Fsp3) is 0.0789. The lowest BCUT2D eigenvalue weighted by Gasteiger charge is -2.18. The monoisotopic (exact) mass is 695 g/mol. The zero-order valence-electron chi connectivity index (χ0n) is 26.4. The molecule has 5 aromatic carbocycles. The van der Waals surface area contributed by atoms with E-state index in [0.29, 0.717) is 28.4 Å². The van der Waals surface area contributed by atoms with Crippen molar-refractivity contribution in [2.45, 2.75) is 10.1 Å². The topological polar surface area (TPSA) is 106 Å². The molecule has 5 aromatic rings. The Labute approximate surface area is 292 Å². The quantitative estimate of drug-likeness (QED) is 0.0895. The summed E-state index contributed by atoms with van der Waals surface area (Å²) in [6.45, 7) is 0. The maximum Gasteiger partial charge on any atom is 0.272 e. The van der Waals surface area contributed by atoms with E-state index in [9.17, 15) is 18.8 Å². The summed E-state index contributed by atoms with van der Waals surface area (Å²) in [6.07, 6.45) is 1.19. The first kappa shape index (κ1) is 34.7. The third-order valence-electron chi connectivity index (χ3n) is 7.14. The van der Waals surface area contributed by atoms with Crippen molar-refractivity contribution < 1.29 is 28.2 Å². The number of halogens is 2. The molecule has 0 aliphatic carbocycles. The van der Waals surface area contributed by atoms with Gasteiger partial charge in [0.05, 0.1) is 19.2 Å². The van der Waals surface area contributed by atoms with Gasteiger partial charge < -0.3 is 25.4 Å². The van der Waals surface area contributed by atoms with Crippen LogP contribution in [0.15, 0.2) is 132 Å². The molecule has 0 spiro atoms. The highest BCUT2D eigenvalue weighted by Gasteiger charge is 2.23. The number of hydrogen-bond donors (Lipinski definition) is 3. The second kappa shape index (κ2) is 16.5. The Morgan fingerprint density at radius 3 is 2.00 bits per heavy atom. The van der Waals surface area contributed by atoms with Crippen molar-refractivity contribution in [2.24, 2.45) is 0 Å². The van der Waals surface area contributed by atoms with E-state index in [0.717, 1.165) is 10.5 Å². The van der Waals surface area contributed by atoms with Crippen LogP contribution in [0.3, 0.4) is 0 Å². The molecule has 248 valence electrons. The van der Waals surface area contributed by atoms with Crippen molar-refractivity contribution in [2.75, 3.05) is 24.9 Å². The van der Waals surface area contributed by atoms with Gasteiger partial charge in [0.1, 0.15) is 28.3 Å². The molecule has 5 rings (SSSR count). The minimum atomic E-state index is -0.695. The molecule has 8 nitrogen and oxygen atoms in total. The van der Waals surface area contributed by atoms with Crippen LogP contribution in [0.25, 0.3) is 6.08 Å². The summed E-state index contributed by atoms with van der Waals surface area (Å²) in [6, 6.07) is 33.8. The lowest BCUT2D eigenvalue weighted by atomic mass is 10.1. The summed E-state index contributed by atoms with van der Waals surface area (Å²) in [4.78, 5) is 40.8. The molecule has 1 atom stereocenters. The van der Waals surface area contributed by atoms with Gasteiger partial charge in [-0.1, -0.05) is 66.2 Å². The normalized spacial score (nSPS) is 11.6. The largest absolute Gasteiger partial charge is 0.497 e. The standard InChI is InChI=1S/C38H31ClFN3O5S/c1-47-28-20-27(21-29(22-28)48-2)42-38(46)35(24-10-5-3-6-11-24)49-30-18-16-26(17-19-30)41-37(45)34(23-31-32(39)14-9-15-33(31)40)43-36(44)25-12-7-4-8-13-25/h3-23,35H,1-2H3,(H,41,45)(H,42,46)(H,43,44)/b34-23-. The molecule has 49 heavy (non-hydrogen) atoms. The van der Waals surface area contributed by atoms with Crippen LogP contribution < -0.4 is 25.4 Å². The molecule has 0 aliphatic rings. The molecule has 0 heterocycles. The molecule has 3 amide bonds. The zero-order chi connectivity index (χ0) is 34.8. The van der Waals surface area contributed by atoms with Crippen LogP contribution in [-0.2, 0) is 9.59 Å². The van der Waals surface area contributed by atoms with Crippen molar-refractivity contribution in [3.63, 3.8) is 0 Å². The van der Waals surface area contributed by atoms with Crippen molar-refractivity contribution in [3.8, 4) is 11.5 Å². The smallest absolute Gasteiger partial charge is 0.272 e. The lowest BCUT2D eigenvalue weighted by molar-refractivity contribution is -0.116. The predicted molar refractivity (Wildman–Crippen MR) is 192 cm³/mol. The summed E-state index contributed by atoms with van der Waals surface area (Å²) in [5.41, 5.74) is 1.75. The summed E-state index contributed by atoms with van der Waals surface area (Å²) < 4.78 is 25.3. The van der Waals surface area contributed by atoms with Gasteiger partial charge in [0.15, 0.2) is 0 Å². The van der Waals surface area contributed by atoms with E-state index in [4.69, 9.17) is 21.1 Å². The highest BCUT2D eigenvalue weighted by atomic mass is 35.5. The highest BCUT2D eigenvalue weighted by molar-refractivity contribution is 8.00. The number of carbonyl (C=O) groups excluding carboxylic acids is 3. The molecule has 0 radical (unpaired) electrons. The van der Waals surface area contributed by atoms with Gasteiger partial charge in [-0.2, -0.15) is 0 Å². The van der Waals surface area contributed by atoms with E-state index >= 15 is 0 Å². The number of hydrogen-bond acceptors (Lipinski definition) is 6. The number of carbonyl (C=O) groups is 3. The number of rotatable bonds is 12. The van der Waals surface area contributed by atoms with E-state index in [1.807, 2.05) is 30.3 Å². The molecule has 0 bridgehead atoms. The molecular formula is C38H31ClFN3O5S. The van der Waals surface area contributed by atoms with E-state index in [-0.39, 0.29) is 22.2 Å². The van der Waals surface area contributed by atoms with Gasteiger partial charge in [-0.3, -0.25) is 14.4 Å². The van der Waals surface area contributed by atoms with Gasteiger partial charge in [-0.25, -0.2) is 4.39 Å². The molecule has 0 saturated carbocycles. The van der Waals surface area contributed by atoms with E-state index in [2.05, 4.69) is 16.0 Å². The predicted octanol–water partition coefficient (Wildman–Crippen LogP) is 8.38. The molecule has 1 unspecified atom stereocenters. The molecule has 0 aliphatic heterocycles. The second-order valence-corrected chi connectivity index (χ2v) is 12.1. The van der Waals surface area contributed by atoms with E-state index in [1.165, 1.54) is 50.3 Å². The van der Waals surface area contributed by atoms with Crippen LogP contribution in [0.4, 0.5) is 15.8 Å². The highest BCUT2D eigenvalue weighted by Crippen LogP contribution is 2.37. The van der Waals surface area contributed by atoms with Gasteiger partial charge >= 0.3 is 0 Å². The Morgan fingerprint density at radius 1 is 0.755 bits per heavy atom. The maximum absolute atomic E-state index is 14.7. The number of ether oxygens (including phenoxy) is 2. The summed E-state index contributed by atoms with van der Waals surface area (Å²) in [5.74, 6) is -1.11. The molecule has 3 N–H and O–H groups in total. The Hall–Kier alpha value is -5.58. The first-order valence-electron chi connectivity index (χ1n) is 14.9. The first-order valence-corrected chi connectivity index (χ1v) is 16.2. The van der Waals surface area contributed by atoms with Crippen LogP contribution in [0.5, 0.6) is 11.5 Å². The number of amides is 3. The van der Waals surface area contributed by atoms with E-state index < -0.39 is 22.9 Å². The van der Waals surface area contributed by atoms with E-state index in [1.54, 1.807) is 72.8 Å². The second-order valence-electron chi connectivity index (χ2n) is 10.5. The number of methoxy groups -OCH3 is 2. The number of anilines is 2. The molecule has 0 saturated heterocycles. The summed E-state index contributed by atoms with van der Waals surface area (Å²) in [7, 11) is 3.07. The molecule has 11 heteroatoms. The number of benzene rings is 5. The summed E-state index contributed by atoms with van der Waals surface area (Å²) in [5, 5.41) is 7.73. The number of thioether (sulfide) groups is 1. The van der Waals surface area contributed by atoms with Crippen LogP contribution in [-0.4, -0.2) is 31.9 Å². The minimum Gasteiger partial charge on any atom is -0.497 e. The summed E-state index contributed by atoms with van der Waals surface area (Å²) >= 11 is 7.54. The van der Waals surface area contributed by atoms with Gasteiger partial charge in [0, 0.05) is 45.6 Å². The third kappa shape index (κ3) is 9.28. The van der Waals surface area contributed by atoms with Crippen LogP contribution >= 0.6 is 23.4 Å². The fourth-order valence-corrected chi connectivity index (χ4v) is 5.92. The fourth-order valence-electron chi connectivity index (χ4n) is 4.67. The van der Waals surface area contributed by atoms with Gasteiger partial charge in [0.25, 0.3) is 11.8 Å². The van der Waals surface area contributed by atoms with Gasteiger partial charge in [0.2, 0.25) is 5.91 Å². The van der Waals surface area contributed by atoms with Gasteiger partial charge in [-0.15, -0.1) is 11.8 Å². The third-order valence-corrected chi connectivity index (χ3v) is 8.74. The van der Waals surface area contributed by atoms with Crippen LogP contribution in [0.1, 0.15) is 26.7 Å². The van der Waals surface area contributed by atoms with Crippen molar-refractivity contribution in [1.82, 2.24) is 5.32 Å². The maximum atomic E-state index is 14.7. The minimum absolute atomic E-state index is 0.0490. The average Bonchev–Trinajstić information content (AvgIpc) is 3.12. The Morgan fingerprint density at radius 2 is 1.39 bits per heavy atom. The van der Waals surface area contributed by atoms with Crippen molar-refractivity contribution in [1.29, 1.82) is 0 Å². The Kier molecular flexibility index (Phi) is 11.7. The zero-order valence-corrected chi connectivity index (χ0v) is 28.0. The van der Waals surface area contributed by atoms with Crippen LogP contribution in [0.2, 0.25) is 5.02 Å². The van der Waals surface area contributed by atoms with Crippen molar-refractivity contribution in [3.05, 3.63) is 155 Å². The average molecular weight is 696 g/mol. The first-order chi connectivity index (χ1) is 23.7.